The number of halogens is 1. The predicted octanol–water partition coefficient (Wildman–Crippen LogP) is 2.39. The number of nitrogens with one attached hydrogen (secondary N) is 1. The van der Waals surface area contributed by atoms with Crippen molar-refractivity contribution in [2.75, 3.05) is 16.8 Å². The Hall–Kier alpha value is -0.940. The van der Waals surface area contributed by atoms with Crippen LogP contribution >= 0.6 is 23.4 Å². The lowest BCUT2D eigenvalue weighted by atomic mass is 10.2. The normalized spacial score (nSPS) is 19.5. The predicted molar refractivity (Wildman–Crippen MR) is 77.7 cm³/mol. The fourth-order valence-electron chi connectivity index (χ4n) is 1.89. The highest BCUT2D eigenvalue weighted by Crippen LogP contribution is 2.23. The maximum atomic E-state index is 11.9. The molecule has 0 amide bonds. The molecule has 1 aromatic heterocycles. The zero-order valence-electron chi connectivity index (χ0n) is 10.1. The molecule has 1 aromatic rings. The van der Waals surface area contributed by atoms with Gasteiger partial charge in [-0.05, 0) is 18.6 Å². The van der Waals surface area contributed by atoms with Gasteiger partial charge in [-0.2, -0.15) is 16.9 Å². The quantitative estimate of drug-likeness (QED) is 0.863. The minimum Gasteiger partial charge on any atom is -0.379 e. The fourth-order valence-corrected chi connectivity index (χ4v) is 3.17. The maximum Gasteiger partial charge on any atom is 0.287 e. The first-order valence-corrected chi connectivity index (χ1v) is 7.46. The van der Waals surface area contributed by atoms with Crippen molar-refractivity contribution in [3.63, 3.8) is 0 Å². The molecule has 0 aliphatic carbocycles. The summed E-state index contributed by atoms with van der Waals surface area (Å²) < 4.78 is 1.30. The first kappa shape index (κ1) is 13.5. The fraction of sp³-hybridized carbons (Fsp3) is 0.500. The summed E-state index contributed by atoms with van der Waals surface area (Å²) in [7, 11) is 0. The van der Waals surface area contributed by atoms with Crippen LogP contribution in [-0.4, -0.2) is 27.3 Å². The van der Waals surface area contributed by atoms with Gasteiger partial charge in [0, 0.05) is 11.8 Å². The van der Waals surface area contributed by atoms with Crippen molar-refractivity contribution in [3.8, 4) is 0 Å². The van der Waals surface area contributed by atoms with Gasteiger partial charge in [-0.25, -0.2) is 4.68 Å². The smallest absolute Gasteiger partial charge is 0.287 e. The Bertz CT molecular complexity index is 483. The Morgan fingerprint density at radius 3 is 3.22 bits per heavy atom. The highest BCUT2D eigenvalue weighted by atomic mass is 35.5. The maximum absolute atomic E-state index is 11.9. The minimum absolute atomic E-state index is 0.211. The monoisotopic (exact) mass is 285 g/mol. The average molecular weight is 286 g/mol. The summed E-state index contributed by atoms with van der Waals surface area (Å²) in [6.07, 6.45) is 5.54. The van der Waals surface area contributed by atoms with E-state index in [9.17, 15) is 4.79 Å². The van der Waals surface area contributed by atoms with Crippen molar-refractivity contribution < 1.29 is 0 Å². The molecule has 2 rings (SSSR count). The van der Waals surface area contributed by atoms with Gasteiger partial charge in [0.25, 0.3) is 5.56 Å². The van der Waals surface area contributed by atoms with Crippen LogP contribution in [-0.2, 0) is 6.54 Å². The molecule has 98 valence electrons. The van der Waals surface area contributed by atoms with Crippen LogP contribution in [0.5, 0.6) is 0 Å². The molecule has 0 saturated carbocycles. The second kappa shape index (κ2) is 6.29. The molecular weight excluding hydrogens is 270 g/mol. The zero-order chi connectivity index (χ0) is 13.0. The molecule has 1 aliphatic rings. The summed E-state index contributed by atoms with van der Waals surface area (Å²) in [5, 5.41) is 7.59. The van der Waals surface area contributed by atoms with E-state index in [1.54, 1.807) is 12.3 Å². The molecule has 1 atom stereocenters. The third kappa shape index (κ3) is 3.09. The minimum atomic E-state index is -0.273. The molecule has 4 nitrogen and oxygen atoms in total. The van der Waals surface area contributed by atoms with Crippen molar-refractivity contribution in [3.05, 3.63) is 34.2 Å². The van der Waals surface area contributed by atoms with Gasteiger partial charge in [-0.15, -0.1) is 6.58 Å². The van der Waals surface area contributed by atoms with Crippen LogP contribution < -0.4 is 10.9 Å². The van der Waals surface area contributed by atoms with E-state index in [2.05, 4.69) is 17.0 Å². The van der Waals surface area contributed by atoms with E-state index < -0.39 is 0 Å². The molecule has 1 aliphatic heterocycles. The largest absolute Gasteiger partial charge is 0.379 e. The third-order valence-electron chi connectivity index (χ3n) is 2.81. The Labute approximate surface area is 115 Å². The number of hydrogen-bond acceptors (Lipinski definition) is 4. The van der Waals surface area contributed by atoms with Gasteiger partial charge in [0.2, 0.25) is 0 Å². The number of allylic oxidation sites excluding steroid dienone is 1. The van der Waals surface area contributed by atoms with Gasteiger partial charge in [0.1, 0.15) is 5.02 Å². The molecular formula is C12H16ClN3OS. The first-order valence-electron chi connectivity index (χ1n) is 5.93. The Morgan fingerprint density at radius 1 is 1.72 bits per heavy atom. The molecule has 0 bridgehead atoms. The number of thioether (sulfide) groups is 1. The Balaban J connectivity index is 2.15. The van der Waals surface area contributed by atoms with Crippen LogP contribution in [0.1, 0.15) is 12.8 Å². The lowest BCUT2D eigenvalue weighted by Gasteiger charge is -2.23. The third-order valence-corrected chi connectivity index (χ3v) is 4.39. The molecule has 1 unspecified atom stereocenters. The Morgan fingerprint density at radius 2 is 2.56 bits per heavy atom. The van der Waals surface area contributed by atoms with E-state index in [-0.39, 0.29) is 10.6 Å². The molecule has 0 aromatic carbocycles. The van der Waals surface area contributed by atoms with Gasteiger partial charge in [-0.1, -0.05) is 17.7 Å². The van der Waals surface area contributed by atoms with Crippen LogP contribution in [0, 0.1) is 0 Å². The van der Waals surface area contributed by atoms with Gasteiger partial charge < -0.3 is 5.32 Å². The summed E-state index contributed by atoms with van der Waals surface area (Å²) in [6.45, 7) is 3.95. The van der Waals surface area contributed by atoms with E-state index in [4.69, 9.17) is 11.6 Å². The van der Waals surface area contributed by atoms with Gasteiger partial charge in [-0.3, -0.25) is 4.79 Å². The molecule has 2 heterocycles. The van der Waals surface area contributed by atoms with Gasteiger partial charge in [0.05, 0.1) is 18.4 Å². The molecule has 1 saturated heterocycles. The van der Waals surface area contributed by atoms with Crippen LogP contribution in [0.3, 0.4) is 0 Å². The summed E-state index contributed by atoms with van der Waals surface area (Å²) in [5.74, 6) is 2.26. The first-order chi connectivity index (χ1) is 8.72. The van der Waals surface area contributed by atoms with Crippen molar-refractivity contribution in [2.45, 2.75) is 25.4 Å². The van der Waals surface area contributed by atoms with E-state index in [0.717, 1.165) is 12.2 Å². The Kier molecular flexibility index (Phi) is 4.72. The van der Waals surface area contributed by atoms with Gasteiger partial charge >= 0.3 is 0 Å². The molecule has 6 heteroatoms. The summed E-state index contributed by atoms with van der Waals surface area (Å²) in [6, 6.07) is 0.373. The zero-order valence-corrected chi connectivity index (χ0v) is 11.6. The van der Waals surface area contributed by atoms with E-state index >= 15 is 0 Å². The van der Waals surface area contributed by atoms with Crippen LogP contribution in [0.15, 0.2) is 23.6 Å². The lowest BCUT2D eigenvalue weighted by molar-refractivity contribution is 0.647. The van der Waals surface area contributed by atoms with Gasteiger partial charge in [0.15, 0.2) is 0 Å². The standard InChI is InChI=1S/C12H16ClN3OS/c1-2-5-16-12(17)11(13)10(7-14-16)15-9-4-3-6-18-8-9/h2,7,9,15H,1,3-6,8H2. The topological polar surface area (TPSA) is 46.9 Å². The van der Waals surface area contributed by atoms with Crippen molar-refractivity contribution in [2.24, 2.45) is 0 Å². The SMILES string of the molecule is C=CCn1ncc(NC2CCCSC2)c(Cl)c1=O. The van der Waals surface area contributed by atoms with E-state index in [0.29, 0.717) is 18.3 Å². The molecule has 0 spiro atoms. The number of rotatable bonds is 4. The molecule has 0 radical (unpaired) electrons. The highest BCUT2D eigenvalue weighted by molar-refractivity contribution is 7.99. The van der Waals surface area contributed by atoms with Crippen molar-refractivity contribution >= 4 is 29.1 Å². The van der Waals surface area contributed by atoms with Crippen LogP contribution in [0.4, 0.5) is 5.69 Å². The molecule has 18 heavy (non-hydrogen) atoms. The number of anilines is 1. The second-order valence-corrected chi connectivity index (χ2v) is 5.73. The van der Waals surface area contributed by atoms with Crippen molar-refractivity contribution in [1.82, 2.24) is 9.78 Å². The number of aromatic nitrogens is 2. The van der Waals surface area contributed by atoms with Crippen LogP contribution in [0.2, 0.25) is 5.02 Å². The van der Waals surface area contributed by atoms with E-state index in [1.165, 1.54) is 16.9 Å². The summed E-state index contributed by atoms with van der Waals surface area (Å²) in [5.41, 5.74) is 0.361. The second-order valence-electron chi connectivity index (χ2n) is 4.21. The molecule has 1 N–H and O–H groups in total. The van der Waals surface area contributed by atoms with Crippen LogP contribution in [0.25, 0.3) is 0 Å². The summed E-state index contributed by atoms with van der Waals surface area (Å²) >= 11 is 8.00. The lowest BCUT2D eigenvalue weighted by Crippen LogP contribution is -2.29. The average Bonchev–Trinajstić information content (AvgIpc) is 2.40. The van der Waals surface area contributed by atoms with Crippen molar-refractivity contribution in [1.29, 1.82) is 0 Å². The highest BCUT2D eigenvalue weighted by Gasteiger charge is 2.16. The van der Waals surface area contributed by atoms with E-state index in [1.807, 2.05) is 11.8 Å². The molecule has 1 fully saturated rings. The number of hydrogen-bond donors (Lipinski definition) is 1. The summed E-state index contributed by atoms with van der Waals surface area (Å²) in [4.78, 5) is 11.9. The number of nitrogens with zero attached hydrogens (tertiary/aromatic N) is 2.